The quantitative estimate of drug-likeness (QED) is 0.905. The van der Waals surface area contributed by atoms with E-state index in [0.717, 1.165) is 19.0 Å². The van der Waals surface area contributed by atoms with E-state index < -0.39 is 0 Å². The Morgan fingerprint density at radius 1 is 0.950 bits per heavy atom. The number of nitrogens with zero attached hydrogens (tertiary/aromatic N) is 1. The van der Waals surface area contributed by atoms with Gasteiger partial charge in [-0.25, -0.2) is 0 Å². The molecule has 1 saturated heterocycles. The smallest absolute Gasteiger partial charge is 0.0108 e. The molecule has 0 amide bonds. The van der Waals surface area contributed by atoms with Gasteiger partial charge in [0.15, 0.2) is 0 Å². The standard InChI is InChI=1S/C18H28N2/c1-2-4-17(5-3-1)18-8-6-16(7-9-18)10-13-20-14-11-19-12-15-20/h6-9,17,19H,1-5,10-15H2. The zero-order valence-corrected chi connectivity index (χ0v) is 12.6. The van der Waals surface area contributed by atoms with Crippen LogP contribution >= 0.6 is 0 Å². The molecule has 2 heteroatoms. The normalized spacial score (nSPS) is 22.0. The predicted octanol–water partition coefficient (Wildman–Crippen LogP) is 3.18. The van der Waals surface area contributed by atoms with Gasteiger partial charge in [-0.2, -0.15) is 0 Å². The van der Waals surface area contributed by atoms with Crippen LogP contribution in [0.2, 0.25) is 0 Å². The molecule has 20 heavy (non-hydrogen) atoms. The second-order valence-electron chi connectivity index (χ2n) is 6.42. The number of hydrogen-bond acceptors (Lipinski definition) is 2. The Morgan fingerprint density at radius 2 is 1.65 bits per heavy atom. The zero-order chi connectivity index (χ0) is 13.6. The first-order chi connectivity index (χ1) is 9.92. The third kappa shape index (κ3) is 3.83. The molecule has 2 aliphatic rings. The lowest BCUT2D eigenvalue weighted by Gasteiger charge is -2.27. The SMILES string of the molecule is c1cc(C2CCCCC2)ccc1CCN1CCNCC1. The van der Waals surface area contributed by atoms with E-state index in [1.54, 1.807) is 5.56 Å². The summed E-state index contributed by atoms with van der Waals surface area (Å²) in [7, 11) is 0. The lowest BCUT2D eigenvalue weighted by Crippen LogP contribution is -2.44. The van der Waals surface area contributed by atoms with Crippen LogP contribution in [0.1, 0.15) is 49.1 Å². The van der Waals surface area contributed by atoms with E-state index in [9.17, 15) is 0 Å². The van der Waals surface area contributed by atoms with Gasteiger partial charge in [-0.15, -0.1) is 0 Å². The van der Waals surface area contributed by atoms with Crippen molar-refractivity contribution in [2.24, 2.45) is 0 Å². The maximum Gasteiger partial charge on any atom is 0.0108 e. The summed E-state index contributed by atoms with van der Waals surface area (Å²) in [5.41, 5.74) is 3.08. The van der Waals surface area contributed by atoms with Gasteiger partial charge in [0.05, 0.1) is 0 Å². The minimum atomic E-state index is 0.839. The molecule has 0 atom stereocenters. The summed E-state index contributed by atoms with van der Waals surface area (Å²) in [6.07, 6.45) is 8.30. The minimum Gasteiger partial charge on any atom is -0.314 e. The Hall–Kier alpha value is -0.860. The van der Waals surface area contributed by atoms with E-state index in [1.807, 2.05) is 0 Å². The van der Waals surface area contributed by atoms with Crippen molar-refractivity contribution in [1.29, 1.82) is 0 Å². The van der Waals surface area contributed by atoms with Gasteiger partial charge in [-0.05, 0) is 36.3 Å². The third-order valence-corrected chi connectivity index (χ3v) is 4.98. The van der Waals surface area contributed by atoms with Crippen molar-refractivity contribution in [2.75, 3.05) is 32.7 Å². The predicted molar refractivity (Wildman–Crippen MR) is 85.3 cm³/mol. The zero-order valence-electron chi connectivity index (χ0n) is 12.6. The van der Waals surface area contributed by atoms with Crippen molar-refractivity contribution in [2.45, 2.75) is 44.4 Å². The van der Waals surface area contributed by atoms with Gasteiger partial charge < -0.3 is 10.2 Å². The fraction of sp³-hybridized carbons (Fsp3) is 0.667. The van der Waals surface area contributed by atoms with Crippen LogP contribution in [0.4, 0.5) is 0 Å². The van der Waals surface area contributed by atoms with Crippen molar-refractivity contribution in [3.8, 4) is 0 Å². The van der Waals surface area contributed by atoms with Gasteiger partial charge in [0.1, 0.15) is 0 Å². The molecular weight excluding hydrogens is 244 g/mol. The molecular formula is C18H28N2. The van der Waals surface area contributed by atoms with Crippen LogP contribution in [0, 0.1) is 0 Å². The molecule has 3 rings (SSSR count). The highest BCUT2D eigenvalue weighted by atomic mass is 15.2. The van der Waals surface area contributed by atoms with Gasteiger partial charge >= 0.3 is 0 Å². The van der Waals surface area contributed by atoms with E-state index in [0.29, 0.717) is 0 Å². The van der Waals surface area contributed by atoms with Crippen LogP contribution in [0.5, 0.6) is 0 Å². The maximum atomic E-state index is 3.42. The molecule has 2 fully saturated rings. The van der Waals surface area contributed by atoms with Gasteiger partial charge in [0, 0.05) is 32.7 Å². The average molecular weight is 272 g/mol. The number of piperazine rings is 1. The fourth-order valence-electron chi connectivity index (χ4n) is 3.61. The molecule has 0 bridgehead atoms. The Morgan fingerprint density at radius 3 is 2.35 bits per heavy atom. The summed E-state index contributed by atoms with van der Waals surface area (Å²) in [5, 5.41) is 3.42. The Balaban J connectivity index is 1.50. The summed E-state index contributed by atoms with van der Waals surface area (Å²) in [5.74, 6) is 0.839. The molecule has 0 radical (unpaired) electrons. The number of rotatable bonds is 4. The summed E-state index contributed by atoms with van der Waals surface area (Å²) in [4.78, 5) is 2.57. The second kappa shape index (κ2) is 7.24. The lowest BCUT2D eigenvalue weighted by atomic mass is 9.84. The van der Waals surface area contributed by atoms with Gasteiger partial charge in [0.2, 0.25) is 0 Å². The van der Waals surface area contributed by atoms with Gasteiger partial charge in [-0.3, -0.25) is 0 Å². The van der Waals surface area contributed by atoms with E-state index in [4.69, 9.17) is 0 Å². The number of nitrogens with one attached hydrogen (secondary N) is 1. The minimum absolute atomic E-state index is 0.839. The first kappa shape index (κ1) is 14.1. The van der Waals surface area contributed by atoms with Gasteiger partial charge in [0.25, 0.3) is 0 Å². The highest BCUT2D eigenvalue weighted by molar-refractivity contribution is 5.26. The number of benzene rings is 1. The van der Waals surface area contributed by atoms with Crippen molar-refractivity contribution in [1.82, 2.24) is 10.2 Å². The van der Waals surface area contributed by atoms with Crippen LogP contribution < -0.4 is 5.32 Å². The molecule has 0 unspecified atom stereocenters. The first-order valence-corrected chi connectivity index (χ1v) is 8.44. The Kier molecular flexibility index (Phi) is 5.10. The molecule has 0 spiro atoms. The molecule has 1 aliphatic carbocycles. The maximum absolute atomic E-state index is 3.42. The van der Waals surface area contributed by atoms with Crippen molar-refractivity contribution in [3.05, 3.63) is 35.4 Å². The molecule has 1 aromatic rings. The first-order valence-electron chi connectivity index (χ1n) is 8.44. The van der Waals surface area contributed by atoms with Crippen LogP contribution in [-0.2, 0) is 6.42 Å². The highest BCUT2D eigenvalue weighted by Gasteiger charge is 2.15. The molecule has 1 heterocycles. The molecule has 1 aliphatic heterocycles. The fourth-order valence-corrected chi connectivity index (χ4v) is 3.61. The lowest BCUT2D eigenvalue weighted by molar-refractivity contribution is 0.244. The van der Waals surface area contributed by atoms with E-state index >= 15 is 0 Å². The summed E-state index contributed by atoms with van der Waals surface area (Å²) in [6, 6.07) is 9.52. The van der Waals surface area contributed by atoms with Crippen molar-refractivity contribution >= 4 is 0 Å². The molecule has 1 saturated carbocycles. The molecule has 2 nitrogen and oxygen atoms in total. The second-order valence-corrected chi connectivity index (χ2v) is 6.42. The molecule has 1 N–H and O–H groups in total. The van der Waals surface area contributed by atoms with Crippen LogP contribution in [0.25, 0.3) is 0 Å². The Bertz CT molecular complexity index is 386. The third-order valence-electron chi connectivity index (χ3n) is 4.98. The Labute approximate surface area is 123 Å². The van der Waals surface area contributed by atoms with Crippen LogP contribution in [0.3, 0.4) is 0 Å². The van der Waals surface area contributed by atoms with Gasteiger partial charge in [-0.1, -0.05) is 43.5 Å². The van der Waals surface area contributed by atoms with E-state index in [2.05, 4.69) is 34.5 Å². The highest BCUT2D eigenvalue weighted by Crippen LogP contribution is 2.32. The van der Waals surface area contributed by atoms with E-state index in [1.165, 1.54) is 63.7 Å². The monoisotopic (exact) mass is 272 g/mol. The summed E-state index contributed by atoms with van der Waals surface area (Å²) < 4.78 is 0. The summed E-state index contributed by atoms with van der Waals surface area (Å²) >= 11 is 0. The van der Waals surface area contributed by atoms with Crippen molar-refractivity contribution in [3.63, 3.8) is 0 Å². The molecule has 110 valence electrons. The molecule has 1 aromatic carbocycles. The average Bonchev–Trinajstić information content (AvgIpc) is 2.55. The summed E-state index contributed by atoms with van der Waals surface area (Å²) in [6.45, 7) is 5.94. The van der Waals surface area contributed by atoms with Crippen LogP contribution in [-0.4, -0.2) is 37.6 Å². The van der Waals surface area contributed by atoms with E-state index in [-0.39, 0.29) is 0 Å². The van der Waals surface area contributed by atoms with Crippen molar-refractivity contribution < 1.29 is 0 Å². The molecule has 0 aromatic heterocycles. The largest absolute Gasteiger partial charge is 0.314 e. The van der Waals surface area contributed by atoms with Crippen LogP contribution in [0.15, 0.2) is 24.3 Å². The topological polar surface area (TPSA) is 15.3 Å². The number of hydrogen-bond donors (Lipinski definition) is 1.